The first-order valence-corrected chi connectivity index (χ1v) is 12.5. The molecule has 0 unspecified atom stereocenters. The molecule has 0 heterocycles. The van der Waals surface area contributed by atoms with E-state index in [1.54, 1.807) is 44.2 Å². The summed E-state index contributed by atoms with van der Waals surface area (Å²) in [6.07, 6.45) is 2.17. The second-order valence-corrected chi connectivity index (χ2v) is 9.71. The number of hydrogen-bond acceptors (Lipinski definition) is 4. The van der Waals surface area contributed by atoms with Crippen LogP contribution in [0.2, 0.25) is 5.02 Å². The first-order chi connectivity index (χ1) is 15.7. The van der Waals surface area contributed by atoms with E-state index in [-0.39, 0.29) is 29.7 Å². The Morgan fingerprint density at radius 1 is 1.09 bits per heavy atom. The second-order valence-electron chi connectivity index (χ2n) is 7.50. The Labute approximate surface area is 200 Å². The Balaban J connectivity index is 2.12. The molecule has 2 rings (SSSR count). The minimum Gasteiger partial charge on any atom is -0.351 e. The van der Waals surface area contributed by atoms with Crippen LogP contribution in [0.25, 0.3) is 0 Å². The average molecular weight is 492 g/mol. The topological polar surface area (TPSA) is 95.6 Å². The lowest BCUT2D eigenvalue weighted by Gasteiger charge is -2.29. The number of amides is 2. The monoisotopic (exact) mass is 491 g/mol. The van der Waals surface area contributed by atoms with Crippen LogP contribution in [0.15, 0.2) is 66.1 Å². The highest BCUT2D eigenvalue weighted by Gasteiger charge is 2.25. The third-order valence-electron chi connectivity index (χ3n) is 5.05. The van der Waals surface area contributed by atoms with Crippen molar-refractivity contribution in [2.45, 2.75) is 44.2 Å². The number of nitrogens with one attached hydrogen (secondary N) is 2. The van der Waals surface area contributed by atoms with Gasteiger partial charge in [-0.15, -0.1) is 6.58 Å². The predicted molar refractivity (Wildman–Crippen MR) is 130 cm³/mol. The number of carbonyl (C=O) groups is 2. The summed E-state index contributed by atoms with van der Waals surface area (Å²) < 4.78 is 26.6. The molecule has 0 bridgehead atoms. The van der Waals surface area contributed by atoms with Crippen LogP contribution in [0.1, 0.15) is 31.4 Å². The molecule has 9 heteroatoms. The number of halogens is 1. The molecule has 0 aliphatic rings. The molecule has 2 aromatic rings. The smallest absolute Gasteiger partial charge is 0.242 e. The molecule has 0 aliphatic carbocycles. The summed E-state index contributed by atoms with van der Waals surface area (Å²) in [5, 5.41) is 3.32. The highest BCUT2D eigenvalue weighted by Crippen LogP contribution is 2.16. The minimum atomic E-state index is -3.52. The van der Waals surface area contributed by atoms with E-state index in [9.17, 15) is 18.0 Å². The van der Waals surface area contributed by atoms with Crippen LogP contribution < -0.4 is 10.0 Å². The molecular weight excluding hydrogens is 462 g/mol. The molecule has 33 heavy (non-hydrogen) atoms. The molecule has 0 fully saturated rings. The zero-order chi connectivity index (χ0) is 24.4. The predicted octanol–water partition coefficient (Wildman–Crippen LogP) is 3.29. The fourth-order valence-electron chi connectivity index (χ4n) is 3.19. The molecule has 0 saturated carbocycles. The Hall–Kier alpha value is -2.68. The number of sulfonamides is 1. The number of aryl methyl sites for hydroxylation is 1. The van der Waals surface area contributed by atoms with Crippen molar-refractivity contribution in [3.8, 4) is 0 Å². The van der Waals surface area contributed by atoms with Crippen LogP contribution in [0.5, 0.6) is 0 Å². The summed E-state index contributed by atoms with van der Waals surface area (Å²) in [7, 11) is -3.52. The van der Waals surface area contributed by atoms with Gasteiger partial charge in [-0.2, -0.15) is 0 Å². The number of benzene rings is 2. The summed E-state index contributed by atoms with van der Waals surface area (Å²) in [5.41, 5.74) is 1.68. The zero-order valence-corrected chi connectivity index (χ0v) is 20.5. The maximum atomic E-state index is 13.1. The lowest BCUT2D eigenvalue weighted by Crippen LogP contribution is -2.47. The Morgan fingerprint density at radius 3 is 2.27 bits per heavy atom. The molecular formula is C24H30ClN3O4S. The standard InChI is InChI=1S/C24H30ClN3O4S/c1-4-16-26-24(30)18(3)28(17-20-6-11-21(25)12-7-20)23(29)15-10-19-8-13-22(14-9-19)33(31,32)27-5-2/h4,6-9,11-14,18,27H,1,5,10,15-17H2,2-3H3,(H,26,30)/t18-/m0/s1. The third kappa shape index (κ3) is 7.99. The van der Waals surface area contributed by atoms with Gasteiger partial charge in [-0.3, -0.25) is 9.59 Å². The van der Waals surface area contributed by atoms with E-state index in [0.29, 0.717) is 24.5 Å². The first-order valence-electron chi connectivity index (χ1n) is 10.7. The summed E-state index contributed by atoms with van der Waals surface area (Å²) in [6.45, 7) is 7.88. The van der Waals surface area contributed by atoms with Gasteiger partial charge in [0, 0.05) is 31.1 Å². The third-order valence-corrected chi connectivity index (χ3v) is 6.86. The van der Waals surface area contributed by atoms with Crippen molar-refractivity contribution in [2.75, 3.05) is 13.1 Å². The molecule has 0 spiro atoms. The molecule has 7 nitrogen and oxygen atoms in total. The lowest BCUT2D eigenvalue weighted by molar-refractivity contribution is -0.140. The quantitative estimate of drug-likeness (QED) is 0.445. The largest absolute Gasteiger partial charge is 0.351 e. The Morgan fingerprint density at radius 2 is 1.70 bits per heavy atom. The van der Waals surface area contributed by atoms with Crippen molar-refractivity contribution >= 4 is 33.4 Å². The minimum absolute atomic E-state index is 0.173. The van der Waals surface area contributed by atoms with Gasteiger partial charge in [0.05, 0.1) is 4.90 Å². The van der Waals surface area contributed by atoms with Crippen LogP contribution in [-0.4, -0.2) is 44.3 Å². The maximum absolute atomic E-state index is 13.1. The zero-order valence-electron chi connectivity index (χ0n) is 18.9. The highest BCUT2D eigenvalue weighted by atomic mass is 35.5. The van der Waals surface area contributed by atoms with Gasteiger partial charge >= 0.3 is 0 Å². The second kappa shape index (κ2) is 12.5. The van der Waals surface area contributed by atoms with Gasteiger partial charge in [-0.1, -0.05) is 48.9 Å². The van der Waals surface area contributed by atoms with Crippen molar-refractivity contribution in [1.29, 1.82) is 0 Å². The van der Waals surface area contributed by atoms with Gasteiger partial charge in [0.2, 0.25) is 21.8 Å². The molecule has 0 radical (unpaired) electrons. The van der Waals surface area contributed by atoms with Crippen LogP contribution in [0, 0.1) is 0 Å². The van der Waals surface area contributed by atoms with E-state index in [2.05, 4.69) is 16.6 Å². The van der Waals surface area contributed by atoms with Crippen molar-refractivity contribution in [2.24, 2.45) is 0 Å². The summed E-state index contributed by atoms with van der Waals surface area (Å²) in [6, 6.07) is 12.9. The van der Waals surface area contributed by atoms with Gasteiger partial charge in [0.25, 0.3) is 0 Å². The summed E-state index contributed by atoms with van der Waals surface area (Å²) in [5.74, 6) is -0.453. The molecule has 0 aliphatic heterocycles. The molecule has 1 atom stereocenters. The molecule has 2 N–H and O–H groups in total. The number of carbonyl (C=O) groups excluding carboxylic acids is 2. The lowest BCUT2D eigenvalue weighted by atomic mass is 10.1. The van der Waals surface area contributed by atoms with E-state index in [4.69, 9.17) is 11.6 Å². The summed E-state index contributed by atoms with van der Waals surface area (Å²) in [4.78, 5) is 27.3. The Bertz CT molecular complexity index is 1050. The number of nitrogens with zero attached hydrogens (tertiary/aromatic N) is 1. The molecule has 0 aromatic heterocycles. The average Bonchev–Trinajstić information content (AvgIpc) is 2.80. The van der Waals surface area contributed by atoms with Crippen LogP contribution in [0.3, 0.4) is 0 Å². The van der Waals surface area contributed by atoms with Crippen molar-refractivity contribution < 1.29 is 18.0 Å². The van der Waals surface area contributed by atoms with E-state index in [0.717, 1.165) is 11.1 Å². The fraction of sp³-hybridized carbons (Fsp3) is 0.333. The van der Waals surface area contributed by atoms with Crippen LogP contribution >= 0.6 is 11.6 Å². The highest BCUT2D eigenvalue weighted by molar-refractivity contribution is 7.89. The normalized spacial score (nSPS) is 12.1. The van der Waals surface area contributed by atoms with E-state index in [1.165, 1.54) is 17.0 Å². The number of hydrogen-bond donors (Lipinski definition) is 2. The van der Waals surface area contributed by atoms with Crippen molar-refractivity contribution in [3.05, 3.63) is 77.3 Å². The van der Waals surface area contributed by atoms with E-state index < -0.39 is 16.1 Å². The fourth-order valence-corrected chi connectivity index (χ4v) is 4.36. The van der Waals surface area contributed by atoms with E-state index in [1.807, 2.05) is 12.1 Å². The van der Waals surface area contributed by atoms with Crippen molar-refractivity contribution in [1.82, 2.24) is 14.9 Å². The Kier molecular flexibility index (Phi) is 10.1. The van der Waals surface area contributed by atoms with Gasteiger partial charge in [0.1, 0.15) is 6.04 Å². The maximum Gasteiger partial charge on any atom is 0.242 e. The van der Waals surface area contributed by atoms with Crippen LogP contribution in [0.4, 0.5) is 0 Å². The van der Waals surface area contributed by atoms with Gasteiger partial charge in [0.15, 0.2) is 0 Å². The van der Waals surface area contributed by atoms with Gasteiger partial charge < -0.3 is 10.2 Å². The van der Waals surface area contributed by atoms with Crippen LogP contribution in [-0.2, 0) is 32.6 Å². The SMILES string of the molecule is C=CCNC(=O)[C@H](C)N(Cc1ccc(Cl)cc1)C(=O)CCc1ccc(S(=O)(=O)NCC)cc1. The first kappa shape index (κ1) is 26.6. The molecule has 2 aromatic carbocycles. The van der Waals surface area contributed by atoms with Crippen molar-refractivity contribution in [3.63, 3.8) is 0 Å². The number of rotatable bonds is 12. The van der Waals surface area contributed by atoms with Gasteiger partial charge in [-0.05, 0) is 48.7 Å². The van der Waals surface area contributed by atoms with E-state index >= 15 is 0 Å². The summed E-state index contributed by atoms with van der Waals surface area (Å²) >= 11 is 5.96. The molecule has 178 valence electrons. The van der Waals surface area contributed by atoms with Gasteiger partial charge in [-0.25, -0.2) is 13.1 Å². The molecule has 2 amide bonds. The molecule has 0 saturated heterocycles.